The molecule has 1 aromatic carbocycles. The first-order valence-corrected chi connectivity index (χ1v) is 5.94. The van der Waals surface area contributed by atoms with Crippen LogP contribution >= 0.6 is 0 Å². The van der Waals surface area contributed by atoms with Crippen LogP contribution < -0.4 is 10.1 Å². The molecular weight excluding hydrogens is 278 g/mol. The molecule has 3 nitrogen and oxygen atoms in total. The lowest BCUT2D eigenvalue weighted by atomic mass is 9.88. The Morgan fingerprint density at radius 1 is 1.40 bits per heavy atom. The van der Waals surface area contributed by atoms with Crippen molar-refractivity contribution in [1.82, 2.24) is 5.32 Å². The van der Waals surface area contributed by atoms with Gasteiger partial charge in [-0.2, -0.15) is 13.2 Å². The van der Waals surface area contributed by atoms with E-state index in [4.69, 9.17) is 4.74 Å². The van der Waals surface area contributed by atoms with Crippen LogP contribution in [0.1, 0.15) is 37.4 Å². The molecule has 110 valence electrons. The third kappa shape index (κ3) is 2.57. The van der Waals surface area contributed by atoms with Crippen LogP contribution in [0.15, 0.2) is 12.1 Å². The van der Waals surface area contributed by atoms with E-state index >= 15 is 0 Å². The summed E-state index contributed by atoms with van der Waals surface area (Å²) in [5.74, 6) is -1.38. The van der Waals surface area contributed by atoms with Crippen molar-refractivity contribution in [2.75, 3.05) is 0 Å². The second-order valence-corrected chi connectivity index (χ2v) is 5.24. The molecule has 2 rings (SSSR count). The number of nitrogens with one attached hydrogen (secondary N) is 1. The normalized spacial score (nSPS) is 20.8. The third-order valence-corrected chi connectivity index (χ3v) is 3.14. The zero-order valence-corrected chi connectivity index (χ0v) is 10.8. The number of ether oxygens (including phenoxy) is 1. The first kappa shape index (κ1) is 14.6. The molecular formula is C13H13F4NO2. The first-order chi connectivity index (χ1) is 9.15. The van der Waals surface area contributed by atoms with Gasteiger partial charge in [0.25, 0.3) is 0 Å². The molecule has 1 N–H and O–H groups in total. The van der Waals surface area contributed by atoms with Crippen LogP contribution in [-0.2, 0) is 11.0 Å². The summed E-state index contributed by atoms with van der Waals surface area (Å²) in [4.78, 5) is 10.6. The van der Waals surface area contributed by atoms with E-state index in [0.29, 0.717) is 12.5 Å². The fourth-order valence-corrected chi connectivity index (χ4v) is 2.37. The predicted octanol–water partition coefficient (Wildman–Crippen LogP) is 3.19. The average molecular weight is 291 g/mol. The van der Waals surface area contributed by atoms with Crippen molar-refractivity contribution >= 4 is 6.41 Å². The quantitative estimate of drug-likeness (QED) is 0.671. The van der Waals surface area contributed by atoms with Gasteiger partial charge >= 0.3 is 6.18 Å². The smallest absolute Gasteiger partial charge is 0.419 e. The highest BCUT2D eigenvalue weighted by Crippen LogP contribution is 2.47. The summed E-state index contributed by atoms with van der Waals surface area (Å²) in [6.07, 6.45) is -4.14. The van der Waals surface area contributed by atoms with E-state index in [9.17, 15) is 22.4 Å². The minimum atomic E-state index is -4.66. The Balaban J connectivity index is 2.65. The zero-order chi connectivity index (χ0) is 15.1. The van der Waals surface area contributed by atoms with Crippen molar-refractivity contribution < 1.29 is 27.1 Å². The molecule has 1 aliphatic rings. The standard InChI is InChI=1S/C13H13F4NO2/c1-12(2)5-9(18-6-19)10-8(14)4-3-7(11(10)20-12)13(15,16)17/h3-4,6,9H,5H2,1-2H3,(H,18,19). The van der Waals surface area contributed by atoms with Gasteiger partial charge in [-0.05, 0) is 26.0 Å². The lowest BCUT2D eigenvalue weighted by Crippen LogP contribution is -2.40. The van der Waals surface area contributed by atoms with Gasteiger partial charge in [-0.3, -0.25) is 4.79 Å². The number of alkyl halides is 3. The van der Waals surface area contributed by atoms with Gasteiger partial charge in [0.05, 0.1) is 17.2 Å². The van der Waals surface area contributed by atoms with Crippen LogP contribution in [0, 0.1) is 5.82 Å². The molecule has 1 unspecified atom stereocenters. The van der Waals surface area contributed by atoms with Crippen LogP contribution in [0.25, 0.3) is 0 Å². The lowest BCUT2D eigenvalue weighted by Gasteiger charge is -2.38. The monoisotopic (exact) mass is 291 g/mol. The maximum Gasteiger partial charge on any atom is 0.419 e. The van der Waals surface area contributed by atoms with Crippen molar-refractivity contribution in [3.05, 3.63) is 29.1 Å². The van der Waals surface area contributed by atoms with Gasteiger partial charge < -0.3 is 10.1 Å². The molecule has 0 radical (unpaired) electrons. The van der Waals surface area contributed by atoms with E-state index in [-0.39, 0.29) is 12.0 Å². The van der Waals surface area contributed by atoms with E-state index in [2.05, 4.69) is 5.32 Å². The van der Waals surface area contributed by atoms with E-state index in [0.717, 1.165) is 6.07 Å². The third-order valence-electron chi connectivity index (χ3n) is 3.14. The van der Waals surface area contributed by atoms with Gasteiger partial charge in [0.15, 0.2) is 0 Å². The zero-order valence-electron chi connectivity index (χ0n) is 10.8. The fourth-order valence-electron chi connectivity index (χ4n) is 2.37. The summed E-state index contributed by atoms with van der Waals surface area (Å²) in [5, 5.41) is 2.35. The van der Waals surface area contributed by atoms with Crippen molar-refractivity contribution in [3.63, 3.8) is 0 Å². The Labute approximate surface area is 112 Å². The molecule has 1 aromatic rings. The average Bonchev–Trinajstić information content (AvgIpc) is 2.25. The summed E-state index contributed by atoms with van der Waals surface area (Å²) in [7, 11) is 0. The van der Waals surface area contributed by atoms with Crippen molar-refractivity contribution in [2.24, 2.45) is 0 Å². The van der Waals surface area contributed by atoms with E-state index in [1.165, 1.54) is 0 Å². The summed E-state index contributed by atoms with van der Waals surface area (Å²) in [6.45, 7) is 3.17. The van der Waals surface area contributed by atoms with Gasteiger partial charge in [-0.25, -0.2) is 4.39 Å². The number of benzene rings is 1. The van der Waals surface area contributed by atoms with Gasteiger partial charge in [-0.1, -0.05) is 0 Å². The molecule has 0 aromatic heterocycles. The molecule has 1 heterocycles. The van der Waals surface area contributed by atoms with Crippen molar-refractivity contribution in [1.29, 1.82) is 0 Å². The highest BCUT2D eigenvalue weighted by Gasteiger charge is 2.43. The lowest BCUT2D eigenvalue weighted by molar-refractivity contribution is -0.140. The van der Waals surface area contributed by atoms with Crippen LogP contribution in [0.2, 0.25) is 0 Å². The van der Waals surface area contributed by atoms with E-state index in [1.54, 1.807) is 13.8 Å². The number of hydrogen-bond acceptors (Lipinski definition) is 2. The van der Waals surface area contributed by atoms with Gasteiger partial charge in [0.1, 0.15) is 17.2 Å². The van der Waals surface area contributed by atoms with Crippen LogP contribution in [0.3, 0.4) is 0 Å². The summed E-state index contributed by atoms with van der Waals surface area (Å²) < 4.78 is 58.1. The highest BCUT2D eigenvalue weighted by molar-refractivity contribution is 5.53. The van der Waals surface area contributed by atoms with Crippen LogP contribution in [0.4, 0.5) is 17.6 Å². The number of carbonyl (C=O) groups excluding carboxylic acids is 1. The van der Waals surface area contributed by atoms with Crippen LogP contribution in [-0.4, -0.2) is 12.0 Å². The second-order valence-electron chi connectivity index (χ2n) is 5.24. The Hall–Kier alpha value is -1.79. The van der Waals surface area contributed by atoms with Crippen molar-refractivity contribution in [3.8, 4) is 5.75 Å². The number of fused-ring (bicyclic) bond motifs is 1. The Morgan fingerprint density at radius 3 is 2.60 bits per heavy atom. The number of rotatable bonds is 2. The maximum atomic E-state index is 13.9. The molecule has 0 spiro atoms. The van der Waals surface area contributed by atoms with Gasteiger partial charge in [0, 0.05) is 6.42 Å². The van der Waals surface area contributed by atoms with Gasteiger partial charge in [-0.15, -0.1) is 0 Å². The summed E-state index contributed by atoms with van der Waals surface area (Å²) in [6, 6.07) is 0.532. The second kappa shape index (κ2) is 4.64. The molecule has 20 heavy (non-hydrogen) atoms. The molecule has 0 bridgehead atoms. The molecule has 7 heteroatoms. The number of halogens is 4. The summed E-state index contributed by atoms with van der Waals surface area (Å²) >= 11 is 0. The first-order valence-electron chi connectivity index (χ1n) is 5.94. The maximum absolute atomic E-state index is 13.9. The number of amides is 1. The van der Waals surface area contributed by atoms with E-state index < -0.39 is 34.9 Å². The van der Waals surface area contributed by atoms with Crippen LogP contribution in [0.5, 0.6) is 5.75 Å². The Kier molecular flexibility index (Phi) is 3.39. The molecule has 0 saturated heterocycles. The molecule has 0 fully saturated rings. The Morgan fingerprint density at radius 2 is 2.05 bits per heavy atom. The molecule has 0 saturated carbocycles. The summed E-state index contributed by atoms with van der Waals surface area (Å²) in [5.41, 5.74) is -2.24. The minimum absolute atomic E-state index is 0.178. The number of carbonyl (C=O) groups is 1. The highest BCUT2D eigenvalue weighted by atomic mass is 19.4. The molecule has 0 aliphatic carbocycles. The van der Waals surface area contributed by atoms with Crippen molar-refractivity contribution in [2.45, 2.75) is 38.1 Å². The topological polar surface area (TPSA) is 38.3 Å². The minimum Gasteiger partial charge on any atom is -0.487 e. The fraction of sp³-hybridized carbons (Fsp3) is 0.462. The van der Waals surface area contributed by atoms with E-state index in [1.807, 2.05) is 0 Å². The molecule has 1 aliphatic heterocycles. The largest absolute Gasteiger partial charge is 0.487 e. The predicted molar refractivity (Wildman–Crippen MR) is 62.7 cm³/mol. The number of hydrogen-bond donors (Lipinski definition) is 1. The molecule has 1 amide bonds. The Bertz CT molecular complexity index is 540. The molecule has 1 atom stereocenters. The SMILES string of the molecule is CC1(C)CC(NC=O)c2c(F)ccc(C(F)(F)F)c2O1. The van der Waals surface area contributed by atoms with Gasteiger partial charge in [0.2, 0.25) is 6.41 Å².